The molecule has 1 saturated heterocycles. The van der Waals surface area contributed by atoms with E-state index in [1.807, 2.05) is 6.07 Å². The first kappa shape index (κ1) is 14.2. The van der Waals surface area contributed by atoms with Crippen LogP contribution in [0.3, 0.4) is 0 Å². The van der Waals surface area contributed by atoms with E-state index in [0.29, 0.717) is 12.0 Å². The third-order valence-corrected chi connectivity index (χ3v) is 6.02. The summed E-state index contributed by atoms with van der Waals surface area (Å²) in [5.41, 5.74) is 2.47. The summed E-state index contributed by atoms with van der Waals surface area (Å²) in [6.07, 6.45) is 9.67. The minimum atomic E-state index is -0.121. The van der Waals surface area contributed by atoms with Crippen molar-refractivity contribution in [2.24, 2.45) is 5.92 Å². The van der Waals surface area contributed by atoms with Gasteiger partial charge in [-0.25, -0.2) is 4.39 Å². The van der Waals surface area contributed by atoms with Gasteiger partial charge in [0.25, 0.3) is 0 Å². The van der Waals surface area contributed by atoms with Crippen LogP contribution in [0.2, 0.25) is 0 Å². The van der Waals surface area contributed by atoms with Gasteiger partial charge >= 0.3 is 0 Å². The monoisotopic (exact) mass is 300 g/mol. The van der Waals surface area contributed by atoms with Crippen molar-refractivity contribution < 1.29 is 4.39 Å². The van der Waals surface area contributed by atoms with E-state index in [4.69, 9.17) is 5.41 Å². The number of fused-ring (bicyclic) bond motifs is 3. The molecule has 1 saturated carbocycles. The van der Waals surface area contributed by atoms with Gasteiger partial charge in [-0.3, -0.25) is 5.41 Å². The molecule has 22 heavy (non-hydrogen) atoms. The number of hydrogen-bond donors (Lipinski definition) is 1. The smallest absolute Gasteiger partial charge is 0.123 e. The van der Waals surface area contributed by atoms with Gasteiger partial charge in [0, 0.05) is 24.9 Å². The molecule has 3 heteroatoms. The number of hydrogen-bond acceptors (Lipinski definition) is 1. The van der Waals surface area contributed by atoms with Gasteiger partial charge in [-0.05, 0) is 54.9 Å². The predicted molar refractivity (Wildman–Crippen MR) is 86.9 cm³/mol. The summed E-state index contributed by atoms with van der Waals surface area (Å²) >= 11 is 0. The molecule has 4 rings (SSSR count). The van der Waals surface area contributed by atoms with E-state index in [1.54, 1.807) is 12.1 Å². The fraction of sp³-hybridized carbons (Fsp3) is 0.632. The van der Waals surface area contributed by atoms with Crippen molar-refractivity contribution in [3.63, 3.8) is 0 Å². The molecule has 2 nitrogen and oxygen atoms in total. The number of halogens is 1. The lowest BCUT2D eigenvalue weighted by atomic mass is 9.79. The molecule has 2 atom stereocenters. The summed E-state index contributed by atoms with van der Waals surface area (Å²) in [5, 5.41) is 8.46. The highest BCUT2D eigenvalue weighted by Gasteiger charge is 2.41. The van der Waals surface area contributed by atoms with Gasteiger partial charge in [-0.2, -0.15) is 0 Å². The van der Waals surface area contributed by atoms with Crippen LogP contribution in [0, 0.1) is 17.1 Å². The van der Waals surface area contributed by atoms with Gasteiger partial charge in [0.2, 0.25) is 0 Å². The van der Waals surface area contributed by atoms with Crippen LogP contribution in [0.5, 0.6) is 0 Å². The van der Waals surface area contributed by atoms with E-state index in [1.165, 1.54) is 43.2 Å². The van der Waals surface area contributed by atoms with E-state index in [2.05, 4.69) is 4.90 Å². The third kappa shape index (κ3) is 2.45. The number of nitrogens with zero attached hydrogens (tertiary/aromatic N) is 1. The molecule has 1 aromatic rings. The first-order valence-corrected chi connectivity index (χ1v) is 8.85. The average Bonchev–Trinajstić information content (AvgIpc) is 2.84. The zero-order valence-corrected chi connectivity index (χ0v) is 13.2. The van der Waals surface area contributed by atoms with Crippen molar-refractivity contribution in [3.05, 3.63) is 35.1 Å². The lowest BCUT2D eigenvalue weighted by Crippen LogP contribution is -2.40. The van der Waals surface area contributed by atoms with E-state index >= 15 is 0 Å². The summed E-state index contributed by atoms with van der Waals surface area (Å²) < 4.78 is 13.4. The topological polar surface area (TPSA) is 27.1 Å². The molecule has 1 heterocycles. The van der Waals surface area contributed by atoms with Gasteiger partial charge in [0.15, 0.2) is 0 Å². The van der Waals surface area contributed by atoms with Crippen LogP contribution in [-0.4, -0.2) is 23.3 Å². The van der Waals surface area contributed by atoms with Crippen molar-refractivity contribution in [3.8, 4) is 0 Å². The van der Waals surface area contributed by atoms with Gasteiger partial charge in [0.1, 0.15) is 5.82 Å². The van der Waals surface area contributed by atoms with Gasteiger partial charge < -0.3 is 4.90 Å². The molecule has 0 radical (unpaired) electrons. The Morgan fingerprint density at radius 3 is 2.77 bits per heavy atom. The van der Waals surface area contributed by atoms with Crippen molar-refractivity contribution in [1.82, 2.24) is 4.90 Å². The quantitative estimate of drug-likeness (QED) is 0.856. The summed E-state index contributed by atoms with van der Waals surface area (Å²) in [6.45, 7) is 1.08. The number of aryl methyl sites for hydroxylation is 1. The van der Waals surface area contributed by atoms with Gasteiger partial charge in [0.05, 0.1) is 5.84 Å². The molecule has 1 aliphatic heterocycles. The van der Waals surface area contributed by atoms with Crippen LogP contribution in [0.25, 0.3) is 0 Å². The number of nitrogens with one attached hydrogen (secondary N) is 1. The van der Waals surface area contributed by atoms with Gasteiger partial charge in [-0.15, -0.1) is 0 Å². The Morgan fingerprint density at radius 2 is 1.95 bits per heavy atom. The Morgan fingerprint density at radius 1 is 1.14 bits per heavy atom. The van der Waals surface area contributed by atoms with Crippen LogP contribution < -0.4 is 0 Å². The second-order valence-electron chi connectivity index (χ2n) is 7.36. The molecule has 3 aliphatic rings. The van der Waals surface area contributed by atoms with Crippen molar-refractivity contribution in [2.45, 2.75) is 63.3 Å². The molecule has 2 aliphatic carbocycles. The zero-order chi connectivity index (χ0) is 15.1. The summed E-state index contributed by atoms with van der Waals surface area (Å²) in [5.74, 6) is 1.89. The van der Waals surface area contributed by atoms with E-state index in [0.717, 1.165) is 37.6 Å². The summed E-state index contributed by atoms with van der Waals surface area (Å²) in [6, 6.07) is 5.75. The normalized spacial score (nSPS) is 28.6. The van der Waals surface area contributed by atoms with E-state index in [9.17, 15) is 4.39 Å². The molecule has 0 amide bonds. The second-order valence-corrected chi connectivity index (χ2v) is 7.36. The van der Waals surface area contributed by atoms with Crippen LogP contribution in [0.1, 0.15) is 62.0 Å². The van der Waals surface area contributed by atoms with Crippen molar-refractivity contribution in [2.75, 3.05) is 6.54 Å². The molecular formula is C19H25FN2. The Labute approximate surface area is 132 Å². The predicted octanol–water partition coefficient (Wildman–Crippen LogP) is 4.49. The van der Waals surface area contributed by atoms with Gasteiger partial charge in [-0.1, -0.05) is 25.3 Å². The molecule has 0 spiro atoms. The second kappa shape index (κ2) is 5.68. The van der Waals surface area contributed by atoms with Crippen LogP contribution in [0.4, 0.5) is 4.39 Å². The molecule has 1 aromatic carbocycles. The van der Waals surface area contributed by atoms with Crippen LogP contribution in [0.15, 0.2) is 18.2 Å². The van der Waals surface area contributed by atoms with Crippen LogP contribution >= 0.6 is 0 Å². The lowest BCUT2D eigenvalue weighted by molar-refractivity contribution is 0.220. The van der Waals surface area contributed by atoms with Crippen molar-refractivity contribution >= 4 is 5.84 Å². The lowest BCUT2D eigenvalue weighted by Gasteiger charge is -2.36. The molecular weight excluding hydrogens is 275 g/mol. The first-order valence-electron chi connectivity index (χ1n) is 8.85. The maximum Gasteiger partial charge on any atom is 0.123 e. The van der Waals surface area contributed by atoms with E-state index in [-0.39, 0.29) is 5.82 Å². The molecule has 0 bridgehead atoms. The highest BCUT2D eigenvalue weighted by molar-refractivity contribution is 5.83. The summed E-state index contributed by atoms with van der Waals surface area (Å²) in [4.78, 5) is 2.40. The molecule has 2 unspecified atom stereocenters. The third-order valence-electron chi connectivity index (χ3n) is 6.02. The minimum Gasteiger partial charge on any atom is -0.357 e. The SMILES string of the molecule is N=C1CC2c3ccc(F)cc3CCC2N1CC1CCCCC1. The Hall–Kier alpha value is -1.38. The van der Waals surface area contributed by atoms with Crippen LogP contribution in [-0.2, 0) is 6.42 Å². The average molecular weight is 300 g/mol. The summed E-state index contributed by atoms with van der Waals surface area (Å²) in [7, 11) is 0. The molecule has 1 N–H and O–H groups in total. The minimum absolute atomic E-state index is 0.121. The van der Waals surface area contributed by atoms with E-state index < -0.39 is 0 Å². The maximum absolute atomic E-state index is 13.4. The molecule has 2 fully saturated rings. The largest absolute Gasteiger partial charge is 0.357 e. The highest BCUT2D eigenvalue weighted by Crippen LogP contribution is 2.43. The number of benzene rings is 1. The maximum atomic E-state index is 13.4. The first-order chi connectivity index (χ1) is 10.7. The Kier molecular flexibility index (Phi) is 3.67. The van der Waals surface area contributed by atoms with Crippen molar-refractivity contribution in [1.29, 1.82) is 5.41 Å². The number of likely N-dealkylation sites (tertiary alicyclic amines) is 1. The highest BCUT2D eigenvalue weighted by atomic mass is 19.1. The standard InChI is InChI=1S/C19H25FN2/c20-15-7-8-16-14(10-15)6-9-18-17(16)11-19(21)22(18)12-13-4-2-1-3-5-13/h7-8,10,13,17-18,21H,1-6,9,11-12H2. The molecule has 0 aromatic heterocycles. The zero-order valence-electron chi connectivity index (χ0n) is 13.2. The number of rotatable bonds is 2. The number of amidine groups is 1. The fourth-order valence-electron chi connectivity index (χ4n) is 4.90. The fourth-order valence-corrected chi connectivity index (χ4v) is 4.90. The Bertz CT molecular complexity index is 577. The molecule has 118 valence electrons. The Balaban J connectivity index is 1.54.